The van der Waals surface area contributed by atoms with Crippen molar-refractivity contribution < 1.29 is 9.53 Å². The van der Waals surface area contributed by atoms with Crippen LogP contribution in [0.2, 0.25) is 5.02 Å². The van der Waals surface area contributed by atoms with Crippen LogP contribution in [-0.4, -0.2) is 12.0 Å². The molecule has 4 nitrogen and oxygen atoms in total. The Morgan fingerprint density at radius 3 is 2.68 bits per heavy atom. The highest BCUT2D eigenvalue weighted by Gasteiger charge is 2.15. The lowest BCUT2D eigenvalue weighted by Gasteiger charge is -2.15. The van der Waals surface area contributed by atoms with Crippen LogP contribution in [0, 0.1) is 11.3 Å². The molecule has 22 heavy (non-hydrogen) atoms. The number of hydrogen-bond acceptors (Lipinski definition) is 3. The SMILES string of the molecule is C[C@@H](Oc1cccc(Cl)c1)C(=O)Nc1ccc(CC#N)cc1. The summed E-state index contributed by atoms with van der Waals surface area (Å²) in [5, 5.41) is 11.9. The first-order valence-corrected chi connectivity index (χ1v) is 7.15. The van der Waals surface area contributed by atoms with E-state index in [4.69, 9.17) is 21.6 Å². The van der Waals surface area contributed by atoms with Gasteiger partial charge in [0.05, 0.1) is 12.5 Å². The van der Waals surface area contributed by atoms with E-state index in [0.29, 0.717) is 22.9 Å². The molecule has 0 aliphatic rings. The van der Waals surface area contributed by atoms with Gasteiger partial charge in [0.15, 0.2) is 6.10 Å². The minimum atomic E-state index is -0.655. The van der Waals surface area contributed by atoms with E-state index in [0.717, 1.165) is 5.56 Å². The summed E-state index contributed by atoms with van der Waals surface area (Å²) in [7, 11) is 0. The van der Waals surface area contributed by atoms with E-state index >= 15 is 0 Å². The number of carbonyl (C=O) groups excluding carboxylic acids is 1. The van der Waals surface area contributed by atoms with Gasteiger partial charge in [-0.1, -0.05) is 29.8 Å². The van der Waals surface area contributed by atoms with Gasteiger partial charge in [-0.15, -0.1) is 0 Å². The number of benzene rings is 2. The lowest BCUT2D eigenvalue weighted by Crippen LogP contribution is -2.30. The molecule has 2 rings (SSSR count). The molecular weight excluding hydrogens is 300 g/mol. The Balaban J connectivity index is 1.95. The molecule has 0 saturated carbocycles. The molecule has 1 atom stereocenters. The van der Waals surface area contributed by atoms with E-state index in [1.807, 2.05) is 0 Å². The maximum absolute atomic E-state index is 12.1. The molecule has 0 heterocycles. The first kappa shape index (κ1) is 15.9. The average molecular weight is 315 g/mol. The van der Waals surface area contributed by atoms with Gasteiger partial charge in [-0.05, 0) is 42.8 Å². The molecule has 0 aliphatic heterocycles. The molecule has 5 heteroatoms. The molecule has 0 aliphatic carbocycles. The number of halogens is 1. The zero-order valence-electron chi connectivity index (χ0n) is 12.0. The third-order valence-electron chi connectivity index (χ3n) is 2.98. The standard InChI is InChI=1S/C17H15ClN2O2/c1-12(22-16-4-2-3-14(18)11-16)17(21)20-15-7-5-13(6-8-15)9-10-19/h2-8,11-12H,9H2,1H3,(H,20,21)/t12-/m1/s1. The second kappa shape index (κ2) is 7.48. The van der Waals surface area contributed by atoms with Crippen LogP contribution < -0.4 is 10.1 Å². The van der Waals surface area contributed by atoms with E-state index in [2.05, 4.69) is 11.4 Å². The maximum atomic E-state index is 12.1. The van der Waals surface area contributed by atoms with Crippen molar-refractivity contribution in [3.05, 3.63) is 59.1 Å². The van der Waals surface area contributed by atoms with Crippen LogP contribution in [0.1, 0.15) is 12.5 Å². The number of carbonyl (C=O) groups is 1. The van der Waals surface area contributed by atoms with E-state index in [9.17, 15) is 4.79 Å². The Morgan fingerprint density at radius 2 is 2.05 bits per heavy atom. The molecule has 0 radical (unpaired) electrons. The van der Waals surface area contributed by atoms with Crippen LogP contribution >= 0.6 is 11.6 Å². The Morgan fingerprint density at radius 1 is 1.32 bits per heavy atom. The second-order valence-electron chi connectivity index (χ2n) is 4.74. The fraction of sp³-hybridized carbons (Fsp3) is 0.176. The summed E-state index contributed by atoms with van der Waals surface area (Å²) < 4.78 is 5.55. The highest BCUT2D eigenvalue weighted by molar-refractivity contribution is 6.30. The number of nitriles is 1. The van der Waals surface area contributed by atoms with Crippen molar-refractivity contribution in [2.24, 2.45) is 0 Å². The lowest BCUT2D eigenvalue weighted by molar-refractivity contribution is -0.122. The van der Waals surface area contributed by atoms with Gasteiger partial charge in [-0.25, -0.2) is 0 Å². The zero-order valence-corrected chi connectivity index (χ0v) is 12.8. The first-order valence-electron chi connectivity index (χ1n) is 6.77. The molecule has 0 saturated heterocycles. The van der Waals surface area contributed by atoms with Crippen molar-refractivity contribution >= 4 is 23.2 Å². The Bertz CT molecular complexity index is 693. The summed E-state index contributed by atoms with van der Waals surface area (Å²) in [6.07, 6.45) is -0.306. The number of anilines is 1. The molecule has 112 valence electrons. The van der Waals surface area contributed by atoms with Gasteiger partial charge in [-0.3, -0.25) is 4.79 Å². The molecule has 2 aromatic rings. The van der Waals surface area contributed by atoms with Gasteiger partial charge in [0.1, 0.15) is 5.75 Å². The van der Waals surface area contributed by atoms with E-state index in [1.165, 1.54) is 0 Å². The molecule has 0 aromatic heterocycles. The van der Waals surface area contributed by atoms with Gasteiger partial charge in [-0.2, -0.15) is 5.26 Å². The molecule has 1 amide bonds. The number of amides is 1. The van der Waals surface area contributed by atoms with Gasteiger partial charge in [0.2, 0.25) is 0 Å². The monoisotopic (exact) mass is 314 g/mol. The number of nitrogens with one attached hydrogen (secondary N) is 1. The normalized spacial score (nSPS) is 11.3. The van der Waals surface area contributed by atoms with Crippen molar-refractivity contribution in [1.82, 2.24) is 0 Å². The summed E-state index contributed by atoms with van der Waals surface area (Å²) in [6.45, 7) is 1.67. The fourth-order valence-electron chi connectivity index (χ4n) is 1.84. The Kier molecular flexibility index (Phi) is 5.40. The van der Waals surface area contributed by atoms with Crippen LogP contribution in [0.15, 0.2) is 48.5 Å². The van der Waals surface area contributed by atoms with Crippen LogP contribution in [0.4, 0.5) is 5.69 Å². The van der Waals surface area contributed by atoms with Crippen LogP contribution in [0.25, 0.3) is 0 Å². The summed E-state index contributed by atoms with van der Waals surface area (Å²) in [4.78, 5) is 12.1. The summed E-state index contributed by atoms with van der Waals surface area (Å²) in [6, 6.07) is 16.1. The lowest BCUT2D eigenvalue weighted by atomic mass is 10.1. The number of hydrogen-bond donors (Lipinski definition) is 1. The van der Waals surface area contributed by atoms with Gasteiger partial charge in [0.25, 0.3) is 5.91 Å². The molecular formula is C17H15ClN2O2. The van der Waals surface area contributed by atoms with Gasteiger partial charge >= 0.3 is 0 Å². The molecule has 0 spiro atoms. The number of nitrogens with zero attached hydrogens (tertiary/aromatic N) is 1. The van der Waals surface area contributed by atoms with Crippen LogP contribution in [-0.2, 0) is 11.2 Å². The van der Waals surface area contributed by atoms with Crippen molar-refractivity contribution in [3.63, 3.8) is 0 Å². The maximum Gasteiger partial charge on any atom is 0.265 e. The zero-order chi connectivity index (χ0) is 15.9. The molecule has 0 bridgehead atoms. The van der Waals surface area contributed by atoms with Crippen LogP contribution in [0.3, 0.4) is 0 Å². The molecule has 2 aromatic carbocycles. The third-order valence-corrected chi connectivity index (χ3v) is 3.22. The third kappa shape index (κ3) is 4.51. The Hall–Kier alpha value is -2.51. The molecule has 0 unspecified atom stereocenters. The van der Waals surface area contributed by atoms with E-state index < -0.39 is 6.10 Å². The minimum absolute atomic E-state index is 0.256. The van der Waals surface area contributed by atoms with Crippen LogP contribution in [0.5, 0.6) is 5.75 Å². The minimum Gasteiger partial charge on any atom is -0.481 e. The van der Waals surface area contributed by atoms with Crippen molar-refractivity contribution in [2.75, 3.05) is 5.32 Å². The number of rotatable bonds is 5. The van der Waals surface area contributed by atoms with E-state index in [-0.39, 0.29) is 5.91 Å². The van der Waals surface area contributed by atoms with Gasteiger partial charge < -0.3 is 10.1 Å². The topological polar surface area (TPSA) is 62.1 Å². The molecule has 1 N–H and O–H groups in total. The number of ether oxygens (including phenoxy) is 1. The predicted molar refractivity (Wildman–Crippen MR) is 85.9 cm³/mol. The summed E-state index contributed by atoms with van der Waals surface area (Å²) in [5.41, 5.74) is 1.57. The second-order valence-corrected chi connectivity index (χ2v) is 5.17. The average Bonchev–Trinajstić information content (AvgIpc) is 2.49. The predicted octanol–water partition coefficient (Wildman–Crippen LogP) is 3.81. The van der Waals surface area contributed by atoms with Crippen molar-refractivity contribution in [1.29, 1.82) is 5.26 Å². The van der Waals surface area contributed by atoms with Crippen molar-refractivity contribution in [2.45, 2.75) is 19.4 Å². The molecule has 0 fully saturated rings. The smallest absolute Gasteiger partial charge is 0.265 e. The Labute approximate surface area is 134 Å². The van der Waals surface area contributed by atoms with Gasteiger partial charge in [0, 0.05) is 10.7 Å². The fourth-order valence-corrected chi connectivity index (χ4v) is 2.02. The largest absolute Gasteiger partial charge is 0.481 e. The summed E-state index contributed by atoms with van der Waals surface area (Å²) in [5.74, 6) is 0.285. The summed E-state index contributed by atoms with van der Waals surface area (Å²) >= 11 is 5.87. The highest BCUT2D eigenvalue weighted by atomic mass is 35.5. The quantitative estimate of drug-likeness (QED) is 0.912. The van der Waals surface area contributed by atoms with Crippen molar-refractivity contribution in [3.8, 4) is 11.8 Å². The first-order chi connectivity index (χ1) is 10.6. The van der Waals surface area contributed by atoms with E-state index in [1.54, 1.807) is 55.5 Å². The highest BCUT2D eigenvalue weighted by Crippen LogP contribution is 2.19.